The molecule has 0 aromatic heterocycles. The van der Waals surface area contributed by atoms with Gasteiger partial charge in [-0.15, -0.1) is 0 Å². The minimum Gasteiger partial charge on any atom is -0.477 e. The molecule has 0 aliphatic rings. The molecular weight excluding hydrogens is 803 g/mol. The zero-order chi connectivity index (χ0) is 47.0. The molecule has 9 heteroatoms. The van der Waals surface area contributed by atoms with Gasteiger partial charge in [-0.05, 0) is 89.9 Å². The van der Waals surface area contributed by atoms with E-state index < -0.39 is 24.3 Å². The molecular formula is C55H92NO8+. The summed E-state index contributed by atoms with van der Waals surface area (Å²) in [6.45, 7) is 4.66. The summed E-state index contributed by atoms with van der Waals surface area (Å²) in [7, 11) is 5.94. The van der Waals surface area contributed by atoms with Crippen molar-refractivity contribution in [3.63, 3.8) is 0 Å². The summed E-state index contributed by atoms with van der Waals surface area (Å²) in [6.07, 6.45) is 57.5. The number of hydrogen-bond acceptors (Lipinski definition) is 7. The first-order chi connectivity index (χ1) is 31.1. The number of ether oxygens (including phenoxy) is 4. The van der Waals surface area contributed by atoms with Gasteiger partial charge in [0.25, 0.3) is 6.29 Å². The van der Waals surface area contributed by atoms with Crippen LogP contribution < -0.4 is 0 Å². The van der Waals surface area contributed by atoms with Crippen molar-refractivity contribution >= 4 is 17.9 Å². The van der Waals surface area contributed by atoms with E-state index in [1.165, 1.54) is 12.8 Å². The van der Waals surface area contributed by atoms with Crippen LogP contribution in [0.4, 0.5) is 0 Å². The van der Waals surface area contributed by atoms with E-state index in [-0.39, 0.29) is 38.6 Å². The van der Waals surface area contributed by atoms with Crippen molar-refractivity contribution in [1.82, 2.24) is 0 Å². The molecule has 0 amide bonds. The molecule has 2 atom stereocenters. The maximum absolute atomic E-state index is 12.8. The highest BCUT2D eigenvalue weighted by Crippen LogP contribution is 2.13. The molecule has 0 saturated heterocycles. The molecule has 0 heterocycles. The summed E-state index contributed by atoms with van der Waals surface area (Å²) in [5, 5.41) is 9.66. The van der Waals surface area contributed by atoms with Gasteiger partial charge in [-0.3, -0.25) is 9.59 Å². The largest absolute Gasteiger partial charge is 0.477 e. The van der Waals surface area contributed by atoms with Gasteiger partial charge in [-0.25, -0.2) is 4.79 Å². The molecule has 2 unspecified atom stereocenters. The number of carboxylic acid groups (broad SMARTS) is 1. The molecule has 1 N–H and O–H groups in total. The summed E-state index contributed by atoms with van der Waals surface area (Å²) in [4.78, 5) is 37.2. The predicted molar refractivity (Wildman–Crippen MR) is 267 cm³/mol. The molecule has 0 aromatic rings. The van der Waals surface area contributed by atoms with Crippen molar-refractivity contribution in [3.05, 3.63) is 97.2 Å². The topological polar surface area (TPSA) is 108 Å². The Morgan fingerprint density at radius 2 is 0.891 bits per heavy atom. The van der Waals surface area contributed by atoms with Crippen LogP contribution in [0.25, 0.3) is 0 Å². The van der Waals surface area contributed by atoms with Gasteiger partial charge in [0.2, 0.25) is 0 Å². The Bertz CT molecular complexity index is 1370. The van der Waals surface area contributed by atoms with Crippen molar-refractivity contribution in [2.75, 3.05) is 47.5 Å². The van der Waals surface area contributed by atoms with Crippen LogP contribution in [0.15, 0.2) is 97.2 Å². The predicted octanol–water partition coefficient (Wildman–Crippen LogP) is 13.8. The monoisotopic (exact) mass is 895 g/mol. The van der Waals surface area contributed by atoms with Crippen molar-refractivity contribution in [3.8, 4) is 0 Å². The smallest absolute Gasteiger partial charge is 0.361 e. The fourth-order valence-corrected chi connectivity index (χ4v) is 6.21. The Morgan fingerprint density at radius 3 is 1.33 bits per heavy atom. The number of unbranched alkanes of at least 4 members (excludes halogenated alkanes) is 13. The standard InChI is InChI=1S/C55H91NO8/c1-6-8-10-12-14-16-18-20-22-23-24-25-26-27-28-29-30-31-32-34-36-38-40-42-44-46-53(58)64-51(50-63-55(54(59)60)61-48-47-56(3,4)5)49-62-52(57)45-43-41-39-37-35-33-21-19-17-15-13-11-9-7-2/h8,10,13-16,19-22,24-25,27-28,30-31,51,55H,6-7,9,11-12,17-18,23,26,29,32-50H2,1-5H3/p+1/b10-8-,15-13-,16-14-,21-19-,22-20-,25-24-,28-27-,31-30-. The molecule has 0 radical (unpaired) electrons. The lowest BCUT2D eigenvalue weighted by Gasteiger charge is -2.25. The number of nitrogens with zero attached hydrogens (tertiary/aromatic N) is 1. The van der Waals surface area contributed by atoms with Crippen LogP contribution in [0.2, 0.25) is 0 Å². The van der Waals surface area contributed by atoms with Gasteiger partial charge in [0.1, 0.15) is 13.2 Å². The van der Waals surface area contributed by atoms with Gasteiger partial charge in [0.05, 0.1) is 34.4 Å². The summed E-state index contributed by atoms with van der Waals surface area (Å²) < 4.78 is 22.7. The van der Waals surface area contributed by atoms with Crippen molar-refractivity contribution in [1.29, 1.82) is 0 Å². The quantitative estimate of drug-likeness (QED) is 0.0212. The van der Waals surface area contributed by atoms with Crippen LogP contribution in [0.3, 0.4) is 0 Å². The third kappa shape index (κ3) is 46.2. The third-order valence-electron chi connectivity index (χ3n) is 10.1. The Balaban J connectivity index is 4.41. The van der Waals surface area contributed by atoms with E-state index in [0.29, 0.717) is 17.4 Å². The van der Waals surface area contributed by atoms with Crippen molar-refractivity contribution in [2.45, 2.75) is 187 Å². The van der Waals surface area contributed by atoms with Gasteiger partial charge in [0.15, 0.2) is 6.10 Å². The van der Waals surface area contributed by atoms with Gasteiger partial charge >= 0.3 is 17.9 Å². The number of hydrogen-bond donors (Lipinski definition) is 1. The summed E-state index contributed by atoms with van der Waals surface area (Å²) in [5.74, 6) is -2.06. The number of carbonyl (C=O) groups excluding carboxylic acids is 2. The molecule has 0 aromatic carbocycles. The molecule has 0 aliphatic heterocycles. The first kappa shape index (κ1) is 60.2. The Morgan fingerprint density at radius 1 is 0.484 bits per heavy atom. The maximum atomic E-state index is 12.8. The number of esters is 2. The minimum atomic E-state index is -1.52. The number of aliphatic carboxylic acids is 1. The second kappa shape index (κ2) is 45.8. The van der Waals surface area contributed by atoms with Crippen LogP contribution in [-0.2, 0) is 33.3 Å². The van der Waals surface area contributed by atoms with Crippen LogP contribution in [-0.4, -0.2) is 87.4 Å². The van der Waals surface area contributed by atoms with E-state index in [9.17, 15) is 19.5 Å². The minimum absolute atomic E-state index is 0.176. The van der Waals surface area contributed by atoms with Crippen LogP contribution in [0.1, 0.15) is 174 Å². The van der Waals surface area contributed by atoms with E-state index in [1.807, 2.05) is 21.1 Å². The molecule has 0 rings (SSSR count). The SMILES string of the molecule is CC/C=C\C/C=C\C/C=C\C/C=C\C/C=C\C/C=C\CCCCCCCCC(=O)OC(COC(=O)CCCCCCC/C=C\C/C=C\CCCC)COC(OCC[N+](C)(C)C)C(=O)O. The first-order valence-electron chi connectivity index (χ1n) is 24.9. The zero-order valence-corrected chi connectivity index (χ0v) is 41.2. The number of likely N-dealkylation sites (N-methyl/N-ethyl adjacent to an activating group) is 1. The number of carbonyl (C=O) groups is 3. The molecule has 64 heavy (non-hydrogen) atoms. The number of carboxylic acids is 1. The molecule has 0 fully saturated rings. The molecule has 9 nitrogen and oxygen atoms in total. The van der Waals surface area contributed by atoms with Gasteiger partial charge < -0.3 is 28.5 Å². The highest BCUT2D eigenvalue weighted by atomic mass is 16.7. The Labute approximate surface area is 391 Å². The Hall–Kier alpha value is -3.79. The zero-order valence-electron chi connectivity index (χ0n) is 41.2. The number of rotatable bonds is 44. The second-order valence-electron chi connectivity index (χ2n) is 17.4. The summed E-state index contributed by atoms with van der Waals surface area (Å²) in [5.41, 5.74) is 0. The van der Waals surface area contributed by atoms with Crippen LogP contribution in [0, 0.1) is 0 Å². The number of allylic oxidation sites excluding steroid dienone is 16. The van der Waals surface area contributed by atoms with Gasteiger partial charge in [0, 0.05) is 12.8 Å². The molecule has 0 aliphatic carbocycles. The third-order valence-corrected chi connectivity index (χ3v) is 10.1. The average molecular weight is 895 g/mol. The molecule has 0 spiro atoms. The number of quaternary nitrogens is 1. The van der Waals surface area contributed by atoms with Crippen molar-refractivity contribution < 1.29 is 42.9 Å². The van der Waals surface area contributed by atoms with E-state index in [4.69, 9.17) is 18.9 Å². The van der Waals surface area contributed by atoms with Crippen LogP contribution in [0.5, 0.6) is 0 Å². The van der Waals surface area contributed by atoms with Gasteiger partial charge in [-0.2, -0.15) is 0 Å². The maximum Gasteiger partial charge on any atom is 0.361 e. The van der Waals surface area contributed by atoms with Gasteiger partial charge in [-0.1, -0.05) is 169 Å². The summed E-state index contributed by atoms with van der Waals surface area (Å²) in [6, 6.07) is 0. The normalized spacial score (nSPS) is 13.7. The fourth-order valence-electron chi connectivity index (χ4n) is 6.21. The van der Waals surface area contributed by atoms with E-state index in [2.05, 4.69) is 111 Å². The lowest BCUT2D eigenvalue weighted by Crippen LogP contribution is -2.40. The van der Waals surface area contributed by atoms with Crippen LogP contribution >= 0.6 is 0 Å². The Kier molecular flexibility index (Phi) is 43.1. The second-order valence-corrected chi connectivity index (χ2v) is 17.4. The molecule has 0 saturated carbocycles. The average Bonchev–Trinajstić information content (AvgIpc) is 3.26. The lowest BCUT2D eigenvalue weighted by molar-refractivity contribution is -0.870. The summed E-state index contributed by atoms with van der Waals surface area (Å²) >= 11 is 0. The highest BCUT2D eigenvalue weighted by molar-refractivity contribution is 5.71. The van der Waals surface area contributed by atoms with E-state index in [0.717, 1.165) is 128 Å². The van der Waals surface area contributed by atoms with Crippen molar-refractivity contribution in [2.24, 2.45) is 0 Å². The van der Waals surface area contributed by atoms with E-state index in [1.54, 1.807) is 0 Å². The van der Waals surface area contributed by atoms with E-state index >= 15 is 0 Å². The lowest BCUT2D eigenvalue weighted by atomic mass is 10.1. The molecule has 364 valence electrons. The fraction of sp³-hybridized carbons (Fsp3) is 0.655. The highest BCUT2D eigenvalue weighted by Gasteiger charge is 2.25. The first-order valence-corrected chi connectivity index (χ1v) is 24.9. The molecule has 0 bridgehead atoms.